The summed E-state index contributed by atoms with van der Waals surface area (Å²) in [5.74, 6) is 0. The molecule has 160 valence electrons. The van der Waals surface area contributed by atoms with Gasteiger partial charge in [-0.3, -0.25) is 18.8 Å². The first-order valence-corrected chi connectivity index (χ1v) is 4.62. The van der Waals surface area contributed by atoms with Gasteiger partial charge < -0.3 is 51.8 Å². The molecule has 1 aromatic rings. The maximum absolute atomic E-state index is 9.75. The molecule has 0 heterocycles. The zero-order valence-electron chi connectivity index (χ0n) is 11.4. The topological polar surface area (TPSA) is 0 Å². The van der Waals surface area contributed by atoms with Gasteiger partial charge in [0, 0.05) is 0 Å². The van der Waals surface area contributed by atoms with Crippen molar-refractivity contribution in [3.63, 3.8) is 0 Å². The fraction of sp³-hybridized carbons (Fsp3) is 0. The van der Waals surface area contributed by atoms with E-state index in [1.807, 2.05) is 36.4 Å². The molecular weight excluding hydrogens is 415 g/mol. The van der Waals surface area contributed by atoms with E-state index in [1.165, 1.54) is 0 Å². The number of rotatable bonds is 0. The molecule has 0 radical (unpaired) electrons. The Morgan fingerprint density at radius 3 is 0.385 bits per heavy atom. The molecule has 0 spiro atoms. The second-order valence-electron chi connectivity index (χ2n) is 2.64. The summed E-state index contributed by atoms with van der Waals surface area (Å²) in [6.07, 6.45) is 0. The van der Waals surface area contributed by atoms with Gasteiger partial charge in [0.05, 0.1) is 0 Å². The van der Waals surface area contributed by atoms with E-state index in [0.29, 0.717) is 0 Å². The van der Waals surface area contributed by atoms with Crippen LogP contribution in [0.5, 0.6) is 0 Å². The summed E-state index contributed by atoms with van der Waals surface area (Å²) in [6, 6.07) is 12.0. The van der Waals surface area contributed by atoms with Crippen molar-refractivity contribution in [1.82, 2.24) is 0 Å². The Balaban J connectivity index is -0.0000000261. The minimum absolute atomic E-state index is 0. The standard InChI is InChI=1S/C6H6.3BF4.4FH.Li.H/c1-2-4-6-5-3-1;3*2-1(3,4)5;;;;;;/h1-6H;;;;4*1H;;/q;3*-1;;;;;;. The molecule has 0 aliphatic heterocycles. The van der Waals surface area contributed by atoms with Gasteiger partial charge in [-0.2, -0.15) is 0 Å². The Morgan fingerprint density at radius 2 is 0.346 bits per heavy atom. The third-order valence-corrected chi connectivity index (χ3v) is 0.667. The van der Waals surface area contributed by atoms with Gasteiger partial charge in [0.15, 0.2) is 0 Å². The van der Waals surface area contributed by atoms with Crippen molar-refractivity contribution in [1.29, 1.82) is 0 Å². The fourth-order valence-electron chi connectivity index (χ4n) is 0.385. The smallest absolute Gasteiger partial charge is 0.0623 e. The van der Waals surface area contributed by atoms with Crippen LogP contribution in [0.2, 0.25) is 0 Å². The van der Waals surface area contributed by atoms with E-state index in [4.69, 9.17) is 0 Å². The van der Waals surface area contributed by atoms with E-state index in [0.717, 1.165) is 0 Å². The van der Waals surface area contributed by atoms with E-state index < -0.39 is 21.8 Å². The Morgan fingerprint density at radius 1 is 0.308 bits per heavy atom. The molecule has 0 aliphatic rings. The van der Waals surface area contributed by atoms with Crippen LogP contribution in [-0.2, 0) is 0 Å². The second-order valence-corrected chi connectivity index (χ2v) is 2.64. The van der Waals surface area contributed by atoms with Crippen LogP contribution in [0.15, 0.2) is 36.4 Å². The zero-order chi connectivity index (χ0) is 17.7. The first-order chi connectivity index (χ1) is 9.00. The molecule has 0 aromatic heterocycles. The number of halogens is 16. The van der Waals surface area contributed by atoms with Crippen molar-refractivity contribution < 1.29 is 70.6 Å². The van der Waals surface area contributed by atoms with Crippen molar-refractivity contribution in [2.45, 2.75) is 0 Å². The van der Waals surface area contributed by atoms with Crippen LogP contribution in [0.1, 0.15) is 0 Å². The van der Waals surface area contributed by atoms with Crippen LogP contribution < -0.4 is 0 Å². The molecule has 0 N–H and O–H groups in total. The molecule has 20 heteroatoms. The van der Waals surface area contributed by atoms with Gasteiger partial charge in [-0.05, 0) is 0 Å². The largest absolute Gasteiger partial charge is 0.0623 e. The van der Waals surface area contributed by atoms with Gasteiger partial charge in [0.1, 0.15) is 0 Å². The van der Waals surface area contributed by atoms with Crippen LogP contribution >= 0.6 is 0 Å². The maximum Gasteiger partial charge on any atom is -0.0623 e. The molecule has 0 bridgehead atoms. The SMILES string of the molecule is F.F.F.F.F[B-](F)(F)F.F[B-](F)(F)F.F[B-](F)(F)F.[LiH].c1ccccc1. The first-order valence-electron chi connectivity index (χ1n) is 4.62. The predicted molar refractivity (Wildman–Crippen MR) is 74.2 cm³/mol. The van der Waals surface area contributed by atoms with Crippen molar-refractivity contribution in [2.75, 3.05) is 0 Å². The summed E-state index contributed by atoms with van der Waals surface area (Å²) in [5.41, 5.74) is 0. The van der Waals surface area contributed by atoms with E-state index >= 15 is 0 Å². The molecule has 0 aliphatic carbocycles. The Hall–Kier alpha value is -1.11. The average molecular weight is 426 g/mol. The predicted octanol–water partition coefficient (Wildman–Crippen LogP) is 5.55. The Kier molecular flexibility index (Phi) is 45.8. The monoisotopic (exact) mass is 427 g/mol. The molecule has 0 saturated carbocycles. The van der Waals surface area contributed by atoms with Crippen LogP contribution in [0, 0.1) is 0 Å². The van der Waals surface area contributed by atoms with Crippen molar-refractivity contribution >= 4 is 40.6 Å². The third-order valence-electron chi connectivity index (χ3n) is 0.667. The van der Waals surface area contributed by atoms with Crippen molar-refractivity contribution in [3.8, 4) is 0 Å². The van der Waals surface area contributed by atoms with Crippen LogP contribution in [0.25, 0.3) is 0 Å². The molecule has 0 unspecified atom stereocenters. The van der Waals surface area contributed by atoms with Gasteiger partial charge in [0.25, 0.3) is 0 Å². The third kappa shape index (κ3) is 458. The molecule has 0 nitrogen and oxygen atoms in total. The van der Waals surface area contributed by atoms with E-state index in [2.05, 4.69) is 0 Å². The van der Waals surface area contributed by atoms with Crippen LogP contribution in [0.3, 0.4) is 0 Å². The summed E-state index contributed by atoms with van der Waals surface area (Å²) in [6.45, 7) is 0. The Labute approximate surface area is 148 Å². The fourth-order valence-corrected chi connectivity index (χ4v) is 0.385. The van der Waals surface area contributed by atoms with Gasteiger partial charge in [-0.15, -0.1) is 0 Å². The van der Waals surface area contributed by atoms with Crippen LogP contribution in [-0.4, -0.2) is 40.6 Å². The summed E-state index contributed by atoms with van der Waals surface area (Å²) in [5, 5.41) is 0. The molecule has 1 aromatic carbocycles. The maximum atomic E-state index is 9.75. The van der Waals surface area contributed by atoms with E-state index in [1.54, 1.807) is 0 Å². The summed E-state index contributed by atoms with van der Waals surface area (Å²) < 4.78 is 117. The van der Waals surface area contributed by atoms with E-state index in [9.17, 15) is 51.8 Å². The van der Waals surface area contributed by atoms with E-state index in [-0.39, 0.29) is 37.7 Å². The summed E-state index contributed by atoms with van der Waals surface area (Å²) in [7, 11) is -18.0. The molecular formula is C6H11B3F16Li-3. The quantitative estimate of drug-likeness (QED) is 0.377. The Bertz CT molecular complexity index is 252. The van der Waals surface area contributed by atoms with Gasteiger partial charge in [0.2, 0.25) is 0 Å². The number of hydrogen-bond donors (Lipinski definition) is 0. The number of hydrogen-bond acceptors (Lipinski definition) is 0. The van der Waals surface area contributed by atoms with Crippen molar-refractivity contribution in [3.05, 3.63) is 36.4 Å². The molecule has 1 rings (SSSR count). The number of benzene rings is 1. The average Bonchev–Trinajstić information content (AvgIpc) is 2.12. The van der Waals surface area contributed by atoms with Gasteiger partial charge in [-0.1, -0.05) is 36.4 Å². The molecule has 0 saturated heterocycles. The molecule has 26 heavy (non-hydrogen) atoms. The summed E-state index contributed by atoms with van der Waals surface area (Å²) >= 11 is 0. The molecule has 0 amide bonds. The normalized spacial score (nSPS) is 8.77. The minimum Gasteiger partial charge on any atom is -0.0623 e. The summed E-state index contributed by atoms with van der Waals surface area (Å²) in [4.78, 5) is 0. The van der Waals surface area contributed by atoms with Crippen LogP contribution in [0.4, 0.5) is 70.6 Å². The molecule has 0 atom stereocenters. The first kappa shape index (κ1) is 49.8. The minimum atomic E-state index is -6.00. The molecule has 0 fully saturated rings. The zero-order valence-corrected chi connectivity index (χ0v) is 11.4. The second kappa shape index (κ2) is 23.9. The van der Waals surface area contributed by atoms with Gasteiger partial charge in [-0.25, -0.2) is 0 Å². The van der Waals surface area contributed by atoms with Gasteiger partial charge >= 0.3 is 40.6 Å². The van der Waals surface area contributed by atoms with Crippen molar-refractivity contribution in [2.24, 2.45) is 0 Å².